The average molecular weight is 358 g/mol. The van der Waals surface area contributed by atoms with Crippen molar-refractivity contribution in [2.75, 3.05) is 14.1 Å². The van der Waals surface area contributed by atoms with Crippen molar-refractivity contribution in [3.63, 3.8) is 0 Å². The van der Waals surface area contributed by atoms with E-state index in [1.807, 2.05) is 0 Å². The van der Waals surface area contributed by atoms with Gasteiger partial charge in [0, 0.05) is 13.1 Å². The van der Waals surface area contributed by atoms with Gasteiger partial charge in [0.25, 0.3) is 15.9 Å². The van der Waals surface area contributed by atoms with E-state index in [0.29, 0.717) is 12.8 Å². The van der Waals surface area contributed by atoms with Crippen LogP contribution in [-0.2, 0) is 14.8 Å². The zero-order chi connectivity index (χ0) is 18.1. The van der Waals surface area contributed by atoms with Crippen molar-refractivity contribution >= 4 is 21.9 Å². The molecule has 9 heteroatoms. The number of carbonyl (C=O) groups is 2. The van der Waals surface area contributed by atoms with Gasteiger partial charge in [-0.3, -0.25) is 4.79 Å². The van der Waals surface area contributed by atoms with Gasteiger partial charge >= 0.3 is 5.97 Å². The highest BCUT2D eigenvalue weighted by atomic mass is 32.2. The van der Waals surface area contributed by atoms with Gasteiger partial charge in [0.05, 0.1) is 5.56 Å². The van der Waals surface area contributed by atoms with E-state index < -0.39 is 27.4 Å². The monoisotopic (exact) mass is 358 g/mol. The summed E-state index contributed by atoms with van der Waals surface area (Å²) in [5.41, 5.74) is -1.21. The number of rotatable bonds is 5. The maximum atomic E-state index is 12.8. The number of amides is 1. The summed E-state index contributed by atoms with van der Waals surface area (Å²) >= 11 is 0. The third-order valence-corrected chi connectivity index (χ3v) is 5.95. The first-order valence-corrected chi connectivity index (χ1v) is 9.19. The number of aliphatic carboxylic acids is 1. The van der Waals surface area contributed by atoms with E-state index in [-0.39, 0.29) is 16.4 Å². The van der Waals surface area contributed by atoms with Crippen LogP contribution in [0.3, 0.4) is 0 Å². The second kappa shape index (κ2) is 6.56. The molecule has 1 aromatic rings. The highest BCUT2D eigenvalue weighted by Crippen LogP contribution is 2.35. The summed E-state index contributed by atoms with van der Waals surface area (Å²) in [5, 5.41) is 9.31. The van der Waals surface area contributed by atoms with Crippen LogP contribution in [0, 0.1) is 6.92 Å². The maximum Gasteiger partial charge on any atom is 0.329 e. The van der Waals surface area contributed by atoms with Crippen molar-refractivity contribution in [1.82, 2.24) is 9.62 Å². The SMILES string of the molecule is CNS(=O)(=O)c1cc(C(=O)N(C)C2(C(=O)O)CCCCC2)c(C)o1. The fourth-order valence-electron chi connectivity index (χ4n) is 3.10. The number of aryl methyl sites for hydroxylation is 1. The lowest BCUT2D eigenvalue weighted by Crippen LogP contribution is -2.56. The van der Waals surface area contributed by atoms with Crippen LogP contribution in [0.25, 0.3) is 0 Å². The van der Waals surface area contributed by atoms with Gasteiger partial charge in [0.15, 0.2) is 0 Å². The Kier molecular flexibility index (Phi) is 5.05. The predicted octanol–water partition coefficient (Wildman–Crippen LogP) is 1.36. The zero-order valence-corrected chi connectivity index (χ0v) is 14.8. The fraction of sp³-hybridized carbons (Fsp3) is 0.600. The molecule has 1 aliphatic carbocycles. The molecule has 0 aromatic carbocycles. The molecule has 1 aliphatic rings. The number of hydrogen-bond acceptors (Lipinski definition) is 5. The molecule has 0 unspecified atom stereocenters. The number of hydrogen-bond donors (Lipinski definition) is 2. The Morgan fingerprint density at radius 3 is 2.38 bits per heavy atom. The Balaban J connectivity index is 2.39. The molecule has 1 amide bonds. The highest BCUT2D eigenvalue weighted by molar-refractivity contribution is 7.89. The standard InChI is InChI=1S/C15H22N2O6S/c1-10-11(9-12(23-10)24(21,22)16-2)13(18)17(3)15(14(19)20)7-5-4-6-8-15/h9,16H,4-8H2,1-3H3,(H,19,20). The minimum absolute atomic E-state index is 0.0533. The van der Waals surface area contributed by atoms with Crippen LogP contribution in [-0.4, -0.2) is 49.9 Å². The van der Waals surface area contributed by atoms with E-state index in [9.17, 15) is 23.1 Å². The van der Waals surface area contributed by atoms with Crippen molar-refractivity contribution in [1.29, 1.82) is 0 Å². The van der Waals surface area contributed by atoms with Gasteiger partial charge in [-0.2, -0.15) is 0 Å². The van der Waals surface area contributed by atoms with Crippen LogP contribution >= 0.6 is 0 Å². The van der Waals surface area contributed by atoms with Crippen molar-refractivity contribution in [3.8, 4) is 0 Å². The summed E-state index contributed by atoms with van der Waals surface area (Å²) in [4.78, 5) is 25.8. The molecular formula is C15H22N2O6S. The van der Waals surface area contributed by atoms with Crippen molar-refractivity contribution in [3.05, 3.63) is 17.4 Å². The van der Waals surface area contributed by atoms with Crippen LogP contribution in [0.4, 0.5) is 0 Å². The smallest absolute Gasteiger partial charge is 0.329 e. The molecule has 2 rings (SSSR count). The first-order chi connectivity index (χ1) is 11.2. The summed E-state index contributed by atoms with van der Waals surface area (Å²) < 4.78 is 30.9. The Labute approximate surface area is 140 Å². The topological polar surface area (TPSA) is 117 Å². The molecular weight excluding hydrogens is 336 g/mol. The van der Waals surface area contributed by atoms with Crippen molar-refractivity contribution in [2.24, 2.45) is 0 Å². The third-order valence-electron chi connectivity index (χ3n) is 4.68. The number of nitrogens with one attached hydrogen (secondary N) is 1. The number of nitrogens with zero attached hydrogens (tertiary/aromatic N) is 1. The van der Waals surface area contributed by atoms with Gasteiger partial charge in [-0.1, -0.05) is 19.3 Å². The first-order valence-electron chi connectivity index (χ1n) is 7.71. The molecule has 1 aromatic heterocycles. The van der Waals surface area contributed by atoms with Gasteiger partial charge in [-0.25, -0.2) is 17.9 Å². The van der Waals surface area contributed by atoms with Crippen molar-refractivity contribution < 1.29 is 27.5 Å². The average Bonchev–Trinajstić information content (AvgIpc) is 2.96. The Hall–Kier alpha value is -1.87. The molecule has 24 heavy (non-hydrogen) atoms. The zero-order valence-electron chi connectivity index (χ0n) is 14.0. The number of sulfonamides is 1. The minimum atomic E-state index is -3.82. The van der Waals surface area contributed by atoms with E-state index in [2.05, 4.69) is 4.72 Å². The van der Waals surface area contributed by atoms with E-state index in [1.54, 1.807) is 0 Å². The molecule has 1 heterocycles. The number of carboxylic acids is 1. The summed E-state index contributed by atoms with van der Waals surface area (Å²) in [5.74, 6) is -1.46. The van der Waals surface area contributed by atoms with Gasteiger partial charge < -0.3 is 14.4 Å². The number of carbonyl (C=O) groups excluding carboxylic acids is 1. The molecule has 8 nitrogen and oxygen atoms in total. The normalized spacial score (nSPS) is 17.5. The number of likely N-dealkylation sites (N-methyl/N-ethyl adjacent to an activating group) is 1. The van der Waals surface area contributed by atoms with E-state index in [0.717, 1.165) is 25.3 Å². The maximum absolute atomic E-state index is 12.8. The van der Waals surface area contributed by atoms with Crippen LogP contribution in [0.2, 0.25) is 0 Å². The summed E-state index contributed by atoms with van der Waals surface area (Å²) in [7, 11) is -1.14. The van der Waals surface area contributed by atoms with E-state index >= 15 is 0 Å². The van der Waals surface area contributed by atoms with Gasteiger partial charge in [-0.05, 0) is 26.8 Å². The summed E-state index contributed by atoms with van der Waals surface area (Å²) in [6.45, 7) is 1.48. The van der Waals surface area contributed by atoms with Crippen LogP contribution in [0.5, 0.6) is 0 Å². The van der Waals surface area contributed by atoms with Crippen LogP contribution < -0.4 is 4.72 Å². The van der Waals surface area contributed by atoms with Crippen LogP contribution in [0.15, 0.2) is 15.6 Å². The molecule has 0 saturated heterocycles. The molecule has 134 valence electrons. The first kappa shape index (κ1) is 18.5. The number of carboxylic acid groups (broad SMARTS) is 1. The molecule has 1 fully saturated rings. The van der Waals surface area contributed by atoms with Gasteiger partial charge in [0.2, 0.25) is 5.09 Å². The Morgan fingerprint density at radius 2 is 1.88 bits per heavy atom. The van der Waals surface area contributed by atoms with Crippen molar-refractivity contribution in [2.45, 2.75) is 49.7 Å². The van der Waals surface area contributed by atoms with E-state index in [4.69, 9.17) is 4.42 Å². The largest absolute Gasteiger partial charge is 0.479 e. The highest BCUT2D eigenvalue weighted by Gasteiger charge is 2.46. The molecule has 0 aliphatic heterocycles. The second-order valence-electron chi connectivity index (χ2n) is 6.00. The van der Waals surface area contributed by atoms with E-state index in [1.165, 1.54) is 25.9 Å². The summed E-state index contributed by atoms with van der Waals surface area (Å²) in [6.07, 6.45) is 3.15. The molecule has 0 bridgehead atoms. The quantitative estimate of drug-likeness (QED) is 0.821. The minimum Gasteiger partial charge on any atom is -0.479 e. The number of furan rings is 1. The molecule has 2 N–H and O–H groups in total. The molecule has 0 spiro atoms. The Bertz CT molecular complexity index is 746. The van der Waals surface area contributed by atoms with Gasteiger partial charge in [-0.15, -0.1) is 0 Å². The third kappa shape index (κ3) is 3.05. The predicted molar refractivity (Wildman–Crippen MR) is 85.2 cm³/mol. The fourth-order valence-corrected chi connectivity index (χ4v) is 3.81. The molecule has 1 saturated carbocycles. The lowest BCUT2D eigenvalue weighted by molar-refractivity contribution is -0.151. The molecule has 0 radical (unpaired) electrons. The lowest BCUT2D eigenvalue weighted by Gasteiger charge is -2.40. The Morgan fingerprint density at radius 1 is 1.29 bits per heavy atom. The van der Waals surface area contributed by atoms with Crippen LogP contribution in [0.1, 0.15) is 48.2 Å². The molecule has 0 atom stereocenters. The summed E-state index contributed by atoms with van der Waals surface area (Å²) in [6, 6.07) is 1.14. The van der Waals surface area contributed by atoms with Gasteiger partial charge in [0.1, 0.15) is 11.3 Å². The lowest BCUT2D eigenvalue weighted by atomic mass is 9.80. The second-order valence-corrected chi connectivity index (χ2v) is 7.82.